The Bertz CT molecular complexity index is 600. The fraction of sp³-hybridized carbons (Fsp3) is 0.714. The van der Waals surface area contributed by atoms with Crippen LogP contribution < -0.4 is 0 Å². The highest BCUT2D eigenvalue weighted by molar-refractivity contribution is 5.87. The van der Waals surface area contributed by atoms with Crippen LogP contribution >= 0.6 is 0 Å². The Morgan fingerprint density at radius 2 is 2.07 bits per heavy atom. The SMILES string of the molecule is CC[C@H](C)N(CC(=O)N(Cc1ccco1)C[C@H]1CCCO1)C(=O)C(C)(C)C. The van der Waals surface area contributed by atoms with E-state index in [1.807, 2.05) is 46.8 Å². The van der Waals surface area contributed by atoms with E-state index < -0.39 is 5.41 Å². The van der Waals surface area contributed by atoms with Crippen LogP contribution in [0.3, 0.4) is 0 Å². The quantitative estimate of drug-likeness (QED) is 0.695. The first-order valence-corrected chi connectivity index (χ1v) is 9.95. The molecule has 152 valence electrons. The van der Waals surface area contributed by atoms with Crippen molar-refractivity contribution in [2.75, 3.05) is 19.7 Å². The Balaban J connectivity index is 2.13. The average molecular weight is 379 g/mol. The maximum absolute atomic E-state index is 13.2. The smallest absolute Gasteiger partial charge is 0.242 e. The summed E-state index contributed by atoms with van der Waals surface area (Å²) in [5.41, 5.74) is -0.524. The van der Waals surface area contributed by atoms with Gasteiger partial charge in [-0.15, -0.1) is 0 Å². The molecule has 1 saturated heterocycles. The van der Waals surface area contributed by atoms with Gasteiger partial charge in [-0.1, -0.05) is 27.7 Å². The van der Waals surface area contributed by atoms with E-state index in [-0.39, 0.29) is 30.5 Å². The largest absolute Gasteiger partial charge is 0.467 e. The normalized spacial score (nSPS) is 18.3. The fourth-order valence-corrected chi connectivity index (χ4v) is 3.20. The third-order valence-corrected chi connectivity index (χ3v) is 5.06. The summed E-state index contributed by atoms with van der Waals surface area (Å²) >= 11 is 0. The molecule has 6 heteroatoms. The van der Waals surface area contributed by atoms with E-state index in [9.17, 15) is 9.59 Å². The number of nitrogens with zero attached hydrogens (tertiary/aromatic N) is 2. The van der Waals surface area contributed by atoms with E-state index >= 15 is 0 Å². The van der Waals surface area contributed by atoms with Gasteiger partial charge in [-0.3, -0.25) is 9.59 Å². The van der Waals surface area contributed by atoms with Crippen molar-refractivity contribution in [1.82, 2.24) is 9.80 Å². The van der Waals surface area contributed by atoms with Crippen LogP contribution in [-0.2, 0) is 20.9 Å². The van der Waals surface area contributed by atoms with Gasteiger partial charge in [0.1, 0.15) is 12.3 Å². The second kappa shape index (κ2) is 9.40. The summed E-state index contributed by atoms with van der Waals surface area (Å²) in [6.07, 6.45) is 4.45. The molecule has 27 heavy (non-hydrogen) atoms. The van der Waals surface area contributed by atoms with Gasteiger partial charge in [0.15, 0.2) is 0 Å². The topological polar surface area (TPSA) is 63.0 Å². The molecule has 0 aromatic carbocycles. The molecule has 1 aliphatic rings. The van der Waals surface area contributed by atoms with E-state index in [1.54, 1.807) is 16.1 Å². The lowest BCUT2D eigenvalue weighted by Crippen LogP contribution is -2.50. The lowest BCUT2D eigenvalue weighted by molar-refractivity contribution is -0.148. The molecule has 1 aromatic heterocycles. The van der Waals surface area contributed by atoms with Gasteiger partial charge in [0.05, 0.1) is 18.9 Å². The number of rotatable bonds is 8. The van der Waals surface area contributed by atoms with Crippen LogP contribution in [-0.4, -0.2) is 53.5 Å². The first kappa shape index (κ1) is 21.5. The third-order valence-electron chi connectivity index (χ3n) is 5.06. The molecule has 0 radical (unpaired) electrons. The molecular formula is C21H34N2O4. The van der Waals surface area contributed by atoms with Gasteiger partial charge < -0.3 is 19.0 Å². The number of carbonyl (C=O) groups excluding carboxylic acids is 2. The van der Waals surface area contributed by atoms with Crippen molar-refractivity contribution in [1.29, 1.82) is 0 Å². The summed E-state index contributed by atoms with van der Waals surface area (Å²) in [5, 5.41) is 0. The molecule has 0 saturated carbocycles. The predicted octanol–water partition coefficient (Wildman–Crippen LogP) is 3.46. The zero-order valence-corrected chi connectivity index (χ0v) is 17.4. The number of carbonyl (C=O) groups is 2. The number of hydrogen-bond donors (Lipinski definition) is 0. The van der Waals surface area contributed by atoms with E-state index in [0.717, 1.165) is 31.6 Å². The molecule has 1 aliphatic heterocycles. The monoisotopic (exact) mass is 378 g/mol. The van der Waals surface area contributed by atoms with Gasteiger partial charge in [-0.05, 0) is 38.3 Å². The maximum Gasteiger partial charge on any atom is 0.242 e. The van der Waals surface area contributed by atoms with Crippen molar-refractivity contribution in [3.63, 3.8) is 0 Å². The molecule has 2 amide bonds. The Kier molecular flexibility index (Phi) is 7.48. The second-order valence-corrected chi connectivity index (χ2v) is 8.43. The molecule has 0 unspecified atom stereocenters. The van der Waals surface area contributed by atoms with Gasteiger partial charge in [-0.2, -0.15) is 0 Å². The first-order chi connectivity index (χ1) is 12.7. The van der Waals surface area contributed by atoms with Crippen molar-refractivity contribution in [3.8, 4) is 0 Å². The lowest BCUT2D eigenvalue weighted by atomic mass is 9.93. The molecule has 1 aromatic rings. The van der Waals surface area contributed by atoms with Crippen molar-refractivity contribution in [2.45, 2.75) is 72.6 Å². The Morgan fingerprint density at radius 3 is 2.59 bits per heavy atom. The van der Waals surface area contributed by atoms with Crippen LogP contribution in [0.15, 0.2) is 22.8 Å². The summed E-state index contributed by atoms with van der Waals surface area (Å²) in [6, 6.07) is 3.69. The highest BCUT2D eigenvalue weighted by Crippen LogP contribution is 2.21. The first-order valence-electron chi connectivity index (χ1n) is 9.95. The van der Waals surface area contributed by atoms with Gasteiger partial charge in [0, 0.05) is 24.6 Å². The van der Waals surface area contributed by atoms with Crippen LogP contribution in [0.2, 0.25) is 0 Å². The minimum absolute atomic E-state index is 0.000245. The maximum atomic E-state index is 13.2. The fourth-order valence-electron chi connectivity index (χ4n) is 3.20. The molecule has 0 N–H and O–H groups in total. The lowest BCUT2D eigenvalue weighted by Gasteiger charge is -2.35. The van der Waals surface area contributed by atoms with Crippen LogP contribution in [0.25, 0.3) is 0 Å². The summed E-state index contributed by atoms with van der Waals surface area (Å²) in [6.45, 7) is 11.4. The van der Waals surface area contributed by atoms with Gasteiger partial charge in [0.2, 0.25) is 11.8 Å². The van der Waals surface area contributed by atoms with Crippen LogP contribution in [0.5, 0.6) is 0 Å². The van der Waals surface area contributed by atoms with E-state index in [0.29, 0.717) is 13.1 Å². The Hall–Kier alpha value is -1.82. The van der Waals surface area contributed by atoms with Gasteiger partial charge in [0.25, 0.3) is 0 Å². The van der Waals surface area contributed by atoms with E-state index in [4.69, 9.17) is 9.15 Å². The number of furan rings is 1. The molecule has 0 spiro atoms. The number of ether oxygens (including phenoxy) is 1. The van der Waals surface area contributed by atoms with Crippen molar-refractivity contribution in [2.24, 2.45) is 5.41 Å². The van der Waals surface area contributed by atoms with Crippen molar-refractivity contribution in [3.05, 3.63) is 24.2 Å². The average Bonchev–Trinajstić information content (AvgIpc) is 3.30. The number of hydrogen-bond acceptors (Lipinski definition) is 4. The Morgan fingerprint density at radius 1 is 1.33 bits per heavy atom. The van der Waals surface area contributed by atoms with Gasteiger partial charge in [-0.25, -0.2) is 0 Å². The van der Waals surface area contributed by atoms with Crippen molar-refractivity contribution < 1.29 is 18.7 Å². The van der Waals surface area contributed by atoms with E-state index in [2.05, 4.69) is 0 Å². The third kappa shape index (κ3) is 6.09. The minimum Gasteiger partial charge on any atom is -0.467 e. The summed E-state index contributed by atoms with van der Waals surface area (Å²) in [4.78, 5) is 29.5. The minimum atomic E-state index is -0.524. The molecule has 2 atom stereocenters. The summed E-state index contributed by atoms with van der Waals surface area (Å²) < 4.78 is 11.2. The Labute approximate surface area is 162 Å². The highest BCUT2D eigenvalue weighted by Gasteiger charge is 2.33. The number of amides is 2. The zero-order chi connectivity index (χ0) is 20.0. The van der Waals surface area contributed by atoms with Crippen LogP contribution in [0, 0.1) is 5.41 Å². The van der Waals surface area contributed by atoms with Gasteiger partial charge >= 0.3 is 0 Å². The molecule has 2 rings (SSSR count). The second-order valence-electron chi connectivity index (χ2n) is 8.43. The van der Waals surface area contributed by atoms with Crippen molar-refractivity contribution >= 4 is 11.8 Å². The molecule has 2 heterocycles. The predicted molar refractivity (Wildman–Crippen MR) is 104 cm³/mol. The standard InChI is InChI=1S/C21H34N2O4/c1-6-16(2)23(20(25)21(3,4)5)15-19(24)22(13-17-9-7-11-26-17)14-18-10-8-12-27-18/h7,9,11,16,18H,6,8,10,12-15H2,1-5H3/t16-,18+/m0/s1. The van der Waals surface area contributed by atoms with Crippen LogP contribution in [0.4, 0.5) is 0 Å². The molecule has 1 fully saturated rings. The van der Waals surface area contributed by atoms with E-state index in [1.165, 1.54) is 0 Å². The van der Waals surface area contributed by atoms with Crippen LogP contribution in [0.1, 0.15) is 59.6 Å². The highest BCUT2D eigenvalue weighted by atomic mass is 16.5. The zero-order valence-electron chi connectivity index (χ0n) is 17.4. The molecule has 0 bridgehead atoms. The molecular weight excluding hydrogens is 344 g/mol. The summed E-state index contributed by atoms with van der Waals surface area (Å²) in [5.74, 6) is 0.665. The summed E-state index contributed by atoms with van der Waals surface area (Å²) in [7, 11) is 0. The molecule has 6 nitrogen and oxygen atoms in total. The molecule has 0 aliphatic carbocycles.